The summed E-state index contributed by atoms with van der Waals surface area (Å²) < 4.78 is 14.5. The summed E-state index contributed by atoms with van der Waals surface area (Å²) in [5, 5.41) is 6.31. The maximum absolute atomic E-state index is 14.5. The number of carbonyl (C=O) groups is 1. The Morgan fingerprint density at radius 3 is 2.43 bits per heavy atom. The monoisotopic (exact) mass is 340 g/mol. The first-order valence-corrected chi connectivity index (χ1v) is 8.47. The molecule has 0 unspecified atom stereocenters. The maximum atomic E-state index is 14.5. The van der Waals surface area contributed by atoms with Crippen LogP contribution in [0.15, 0.2) is 12.1 Å². The normalized spacial score (nSPS) is 19.4. The lowest BCUT2D eigenvalue weighted by atomic mass is 9.88. The Hall–Kier alpha value is -1.13. The maximum Gasteiger partial charge on any atom is 0.254 e. The summed E-state index contributed by atoms with van der Waals surface area (Å²) in [5.41, 5.74) is 2.02. The summed E-state index contributed by atoms with van der Waals surface area (Å²) in [5.74, 6) is -0.218. The molecule has 1 aromatic carbocycles. The van der Waals surface area contributed by atoms with Crippen molar-refractivity contribution >= 4 is 18.3 Å². The molecule has 2 aliphatic rings. The predicted molar refractivity (Wildman–Crippen MR) is 93.0 cm³/mol. The van der Waals surface area contributed by atoms with E-state index in [1.54, 1.807) is 6.07 Å². The SMILES string of the molecule is Cc1cc(C2CCNCC2)cc(F)c1C(=O)NC1CCCC1.Cl. The Balaban J connectivity index is 0.00000192. The fourth-order valence-electron chi connectivity index (χ4n) is 3.78. The molecule has 2 fully saturated rings. The molecule has 0 radical (unpaired) electrons. The first-order chi connectivity index (χ1) is 10.6. The lowest BCUT2D eigenvalue weighted by molar-refractivity contribution is 0.0933. The zero-order valence-corrected chi connectivity index (χ0v) is 14.5. The third-order valence-electron chi connectivity index (χ3n) is 5.04. The smallest absolute Gasteiger partial charge is 0.254 e. The zero-order valence-electron chi connectivity index (χ0n) is 13.7. The fraction of sp³-hybridized carbons (Fsp3) is 0.611. The largest absolute Gasteiger partial charge is 0.349 e. The summed E-state index contributed by atoms with van der Waals surface area (Å²) in [6, 6.07) is 3.80. The number of benzene rings is 1. The summed E-state index contributed by atoms with van der Waals surface area (Å²) in [4.78, 5) is 12.4. The van der Waals surface area contributed by atoms with Gasteiger partial charge in [-0.1, -0.05) is 18.9 Å². The summed E-state index contributed by atoms with van der Waals surface area (Å²) in [6.45, 7) is 3.81. The van der Waals surface area contributed by atoms with Crippen LogP contribution in [-0.2, 0) is 0 Å². The number of nitrogens with one attached hydrogen (secondary N) is 2. The highest BCUT2D eigenvalue weighted by atomic mass is 35.5. The second-order valence-corrected chi connectivity index (χ2v) is 6.67. The molecule has 0 spiro atoms. The van der Waals surface area contributed by atoms with Gasteiger partial charge in [0, 0.05) is 6.04 Å². The van der Waals surface area contributed by atoms with Gasteiger partial charge in [-0.25, -0.2) is 4.39 Å². The molecule has 5 heteroatoms. The highest BCUT2D eigenvalue weighted by Crippen LogP contribution is 2.28. The molecule has 1 aromatic rings. The minimum Gasteiger partial charge on any atom is -0.349 e. The van der Waals surface area contributed by atoms with Crippen LogP contribution < -0.4 is 10.6 Å². The van der Waals surface area contributed by atoms with Crippen LogP contribution in [0.3, 0.4) is 0 Å². The quantitative estimate of drug-likeness (QED) is 0.881. The van der Waals surface area contributed by atoms with E-state index in [1.807, 2.05) is 13.0 Å². The van der Waals surface area contributed by atoms with E-state index in [0.717, 1.165) is 62.7 Å². The Morgan fingerprint density at radius 1 is 1.17 bits per heavy atom. The average Bonchev–Trinajstić information content (AvgIpc) is 3.00. The number of hydrogen-bond donors (Lipinski definition) is 2. The van der Waals surface area contributed by atoms with Gasteiger partial charge in [-0.2, -0.15) is 0 Å². The topological polar surface area (TPSA) is 41.1 Å². The molecule has 3 rings (SSSR count). The lowest BCUT2D eigenvalue weighted by Crippen LogP contribution is -2.33. The molecule has 1 aliphatic carbocycles. The molecular weight excluding hydrogens is 315 g/mol. The van der Waals surface area contributed by atoms with Gasteiger partial charge in [-0.15, -0.1) is 12.4 Å². The number of aryl methyl sites for hydroxylation is 1. The molecule has 2 N–H and O–H groups in total. The Kier molecular flexibility index (Phi) is 6.42. The first kappa shape index (κ1) is 18.2. The highest BCUT2D eigenvalue weighted by molar-refractivity contribution is 5.96. The Labute approximate surface area is 143 Å². The van der Waals surface area contributed by atoms with Crippen LogP contribution >= 0.6 is 12.4 Å². The van der Waals surface area contributed by atoms with Crippen LogP contribution in [0, 0.1) is 12.7 Å². The highest BCUT2D eigenvalue weighted by Gasteiger charge is 2.23. The first-order valence-electron chi connectivity index (χ1n) is 8.47. The number of hydrogen-bond acceptors (Lipinski definition) is 2. The molecule has 0 atom stereocenters. The molecule has 1 saturated heterocycles. The van der Waals surface area contributed by atoms with Gasteiger partial charge in [0.2, 0.25) is 0 Å². The van der Waals surface area contributed by atoms with Gasteiger partial charge in [-0.05, 0) is 68.8 Å². The molecular formula is C18H26ClFN2O. The van der Waals surface area contributed by atoms with Gasteiger partial charge >= 0.3 is 0 Å². The zero-order chi connectivity index (χ0) is 15.5. The van der Waals surface area contributed by atoms with Crippen molar-refractivity contribution in [1.82, 2.24) is 10.6 Å². The Morgan fingerprint density at radius 2 is 1.83 bits per heavy atom. The predicted octanol–water partition coefficient (Wildman–Crippen LogP) is 3.70. The van der Waals surface area contributed by atoms with Crippen LogP contribution in [0.25, 0.3) is 0 Å². The molecule has 1 aliphatic heterocycles. The van der Waals surface area contributed by atoms with Crippen LogP contribution in [-0.4, -0.2) is 25.0 Å². The number of halogens is 2. The fourth-order valence-corrected chi connectivity index (χ4v) is 3.78. The van der Waals surface area contributed by atoms with Crippen LogP contribution in [0.4, 0.5) is 4.39 Å². The van der Waals surface area contributed by atoms with E-state index in [-0.39, 0.29) is 35.7 Å². The summed E-state index contributed by atoms with van der Waals surface area (Å²) >= 11 is 0. The van der Waals surface area contributed by atoms with E-state index < -0.39 is 0 Å². The van der Waals surface area contributed by atoms with Crippen LogP contribution in [0.5, 0.6) is 0 Å². The van der Waals surface area contributed by atoms with Crippen molar-refractivity contribution in [2.45, 2.75) is 57.4 Å². The molecule has 1 saturated carbocycles. The third kappa shape index (κ3) is 4.24. The van der Waals surface area contributed by atoms with Gasteiger partial charge in [0.15, 0.2) is 0 Å². The minimum atomic E-state index is -0.371. The standard InChI is InChI=1S/C18H25FN2O.ClH/c1-12-10-14(13-6-8-20-9-7-13)11-16(19)17(12)18(22)21-15-4-2-3-5-15;/h10-11,13,15,20H,2-9H2,1H3,(H,21,22);1H. The van der Waals surface area contributed by atoms with E-state index in [4.69, 9.17) is 0 Å². The minimum absolute atomic E-state index is 0. The van der Waals surface area contributed by atoms with E-state index in [1.165, 1.54) is 0 Å². The van der Waals surface area contributed by atoms with Crippen molar-refractivity contribution in [2.24, 2.45) is 0 Å². The van der Waals surface area contributed by atoms with Gasteiger partial charge in [-0.3, -0.25) is 4.79 Å². The van der Waals surface area contributed by atoms with Crippen molar-refractivity contribution < 1.29 is 9.18 Å². The molecule has 0 bridgehead atoms. The Bertz CT molecular complexity index is 529. The van der Waals surface area contributed by atoms with Crippen molar-refractivity contribution in [3.05, 3.63) is 34.6 Å². The summed E-state index contributed by atoms with van der Waals surface area (Å²) in [6.07, 6.45) is 6.40. The summed E-state index contributed by atoms with van der Waals surface area (Å²) in [7, 11) is 0. The van der Waals surface area contributed by atoms with E-state index in [2.05, 4.69) is 10.6 Å². The van der Waals surface area contributed by atoms with Crippen molar-refractivity contribution in [3.63, 3.8) is 0 Å². The van der Waals surface area contributed by atoms with E-state index in [0.29, 0.717) is 5.92 Å². The van der Waals surface area contributed by atoms with Gasteiger partial charge in [0.25, 0.3) is 5.91 Å². The van der Waals surface area contributed by atoms with Gasteiger partial charge in [0.1, 0.15) is 5.82 Å². The number of piperidine rings is 1. The number of rotatable bonds is 3. The second-order valence-electron chi connectivity index (χ2n) is 6.67. The van der Waals surface area contributed by atoms with Crippen molar-refractivity contribution in [1.29, 1.82) is 0 Å². The van der Waals surface area contributed by atoms with Gasteiger partial charge < -0.3 is 10.6 Å². The molecule has 23 heavy (non-hydrogen) atoms. The number of amides is 1. The lowest BCUT2D eigenvalue weighted by Gasteiger charge is -2.24. The molecule has 3 nitrogen and oxygen atoms in total. The third-order valence-corrected chi connectivity index (χ3v) is 5.04. The van der Waals surface area contributed by atoms with Gasteiger partial charge in [0.05, 0.1) is 5.56 Å². The van der Waals surface area contributed by atoms with Crippen molar-refractivity contribution in [2.75, 3.05) is 13.1 Å². The van der Waals surface area contributed by atoms with Crippen LogP contribution in [0.1, 0.15) is 65.9 Å². The average molecular weight is 341 g/mol. The molecule has 0 aromatic heterocycles. The van der Waals surface area contributed by atoms with E-state index >= 15 is 0 Å². The van der Waals surface area contributed by atoms with Crippen molar-refractivity contribution in [3.8, 4) is 0 Å². The van der Waals surface area contributed by atoms with E-state index in [9.17, 15) is 9.18 Å². The van der Waals surface area contributed by atoms with Crippen LogP contribution in [0.2, 0.25) is 0 Å². The number of carbonyl (C=O) groups excluding carboxylic acids is 1. The molecule has 1 amide bonds. The molecule has 128 valence electrons. The molecule has 1 heterocycles. The second kappa shape index (κ2) is 8.11.